The lowest BCUT2D eigenvalue weighted by atomic mass is 9.75. The zero-order valence-electron chi connectivity index (χ0n) is 17.1. The number of hydrogen-bond acceptors (Lipinski definition) is 6. The highest BCUT2D eigenvalue weighted by atomic mass is 16.5. The number of nitrogens with one attached hydrogen (secondary N) is 1. The van der Waals surface area contributed by atoms with Crippen LogP contribution in [-0.2, 0) is 27.4 Å². The number of carbonyl (C=O) groups is 2. The van der Waals surface area contributed by atoms with Crippen LogP contribution in [-0.4, -0.2) is 30.1 Å². The average molecular weight is 406 g/mol. The molecule has 0 unspecified atom stereocenters. The summed E-state index contributed by atoms with van der Waals surface area (Å²) in [5.41, 5.74) is 3.73. The van der Waals surface area contributed by atoms with E-state index in [1.807, 2.05) is 19.9 Å². The van der Waals surface area contributed by atoms with E-state index in [1.54, 1.807) is 43.3 Å². The summed E-state index contributed by atoms with van der Waals surface area (Å²) in [7, 11) is -1.05. The number of amides is 1. The van der Waals surface area contributed by atoms with Crippen LogP contribution < -0.4 is 10.8 Å². The fourth-order valence-corrected chi connectivity index (χ4v) is 3.39. The topological polar surface area (TPSA) is 109 Å². The normalized spacial score (nSPS) is 13.5. The Labute approximate surface area is 175 Å². The van der Waals surface area contributed by atoms with Crippen LogP contribution in [0.15, 0.2) is 36.4 Å². The molecule has 0 aliphatic carbocycles. The van der Waals surface area contributed by atoms with E-state index in [0.717, 1.165) is 11.1 Å². The second kappa shape index (κ2) is 9.12. The first-order valence-corrected chi connectivity index (χ1v) is 9.70. The monoisotopic (exact) mass is 406 g/mol. The molecule has 30 heavy (non-hydrogen) atoms. The SMILES string of the molecule is Cc1c(C(=O)N[C@H](C(=O)OCc2ccc(C#N)cc2)C(C)C)ccc2c1B(O)OC2. The van der Waals surface area contributed by atoms with E-state index in [0.29, 0.717) is 28.8 Å². The molecule has 0 aromatic heterocycles. The molecule has 2 N–H and O–H groups in total. The molecule has 2 aromatic rings. The van der Waals surface area contributed by atoms with Crippen LogP contribution in [0.3, 0.4) is 0 Å². The summed E-state index contributed by atoms with van der Waals surface area (Å²) in [5, 5.41) is 21.6. The fourth-order valence-electron chi connectivity index (χ4n) is 3.39. The Morgan fingerprint density at radius 3 is 2.60 bits per heavy atom. The third kappa shape index (κ3) is 4.53. The summed E-state index contributed by atoms with van der Waals surface area (Å²) in [6, 6.07) is 11.4. The van der Waals surface area contributed by atoms with Crippen molar-refractivity contribution >= 4 is 24.5 Å². The van der Waals surface area contributed by atoms with Gasteiger partial charge >= 0.3 is 13.1 Å². The largest absolute Gasteiger partial charge is 0.492 e. The second-order valence-electron chi connectivity index (χ2n) is 7.59. The minimum absolute atomic E-state index is 0.0467. The van der Waals surface area contributed by atoms with Gasteiger partial charge < -0.3 is 19.7 Å². The maximum absolute atomic E-state index is 12.9. The van der Waals surface area contributed by atoms with Crippen LogP contribution in [0.5, 0.6) is 0 Å². The second-order valence-corrected chi connectivity index (χ2v) is 7.59. The van der Waals surface area contributed by atoms with E-state index in [1.165, 1.54) is 0 Å². The molecule has 1 heterocycles. The van der Waals surface area contributed by atoms with E-state index in [2.05, 4.69) is 5.32 Å². The van der Waals surface area contributed by atoms with Crippen LogP contribution in [0.2, 0.25) is 0 Å². The number of hydrogen-bond donors (Lipinski definition) is 2. The van der Waals surface area contributed by atoms with Gasteiger partial charge in [0, 0.05) is 5.56 Å². The summed E-state index contributed by atoms with van der Waals surface area (Å²) in [4.78, 5) is 25.5. The molecular formula is C22H23BN2O5. The average Bonchev–Trinajstić information content (AvgIpc) is 3.12. The van der Waals surface area contributed by atoms with Gasteiger partial charge in [-0.15, -0.1) is 0 Å². The number of nitrogens with zero attached hydrogens (tertiary/aromatic N) is 1. The number of carbonyl (C=O) groups excluding carboxylic acids is 2. The van der Waals surface area contributed by atoms with Gasteiger partial charge in [0.15, 0.2) is 0 Å². The molecule has 7 nitrogen and oxygen atoms in total. The molecule has 0 bridgehead atoms. The van der Waals surface area contributed by atoms with Crippen molar-refractivity contribution in [3.05, 3.63) is 64.2 Å². The molecule has 8 heteroatoms. The quantitative estimate of drug-likeness (QED) is 0.557. The van der Waals surface area contributed by atoms with Crippen molar-refractivity contribution in [1.29, 1.82) is 5.26 Å². The van der Waals surface area contributed by atoms with Gasteiger partial charge in [-0.3, -0.25) is 4.79 Å². The van der Waals surface area contributed by atoms with Crippen molar-refractivity contribution in [3.63, 3.8) is 0 Å². The Bertz CT molecular complexity index is 998. The van der Waals surface area contributed by atoms with Gasteiger partial charge in [-0.2, -0.15) is 5.26 Å². The maximum atomic E-state index is 12.9. The van der Waals surface area contributed by atoms with Gasteiger partial charge in [0.05, 0.1) is 18.2 Å². The van der Waals surface area contributed by atoms with Crippen molar-refractivity contribution in [2.45, 2.75) is 40.0 Å². The highest BCUT2D eigenvalue weighted by Crippen LogP contribution is 2.17. The molecule has 0 spiro atoms. The maximum Gasteiger partial charge on any atom is 0.492 e. The van der Waals surface area contributed by atoms with Crippen LogP contribution in [0.1, 0.15) is 46.5 Å². The van der Waals surface area contributed by atoms with E-state index < -0.39 is 25.0 Å². The first-order valence-electron chi connectivity index (χ1n) is 9.70. The van der Waals surface area contributed by atoms with E-state index in [9.17, 15) is 14.6 Å². The predicted octanol–water partition coefficient (Wildman–Crippen LogP) is 1.58. The first-order chi connectivity index (χ1) is 14.3. The Balaban J connectivity index is 1.69. The molecule has 0 fully saturated rings. The Hall–Kier alpha value is -3.15. The van der Waals surface area contributed by atoms with Crippen molar-refractivity contribution < 1.29 is 24.0 Å². The summed E-state index contributed by atoms with van der Waals surface area (Å²) < 4.78 is 10.6. The van der Waals surface area contributed by atoms with Crippen molar-refractivity contribution in [3.8, 4) is 6.07 Å². The van der Waals surface area contributed by atoms with Gasteiger partial charge in [-0.25, -0.2) is 4.79 Å². The summed E-state index contributed by atoms with van der Waals surface area (Å²) >= 11 is 0. The molecule has 0 saturated carbocycles. The lowest BCUT2D eigenvalue weighted by Crippen LogP contribution is -2.46. The van der Waals surface area contributed by atoms with Gasteiger partial charge in [0.25, 0.3) is 5.91 Å². The minimum atomic E-state index is -1.05. The molecule has 154 valence electrons. The van der Waals surface area contributed by atoms with Crippen LogP contribution >= 0.6 is 0 Å². The Morgan fingerprint density at radius 1 is 1.27 bits per heavy atom. The van der Waals surface area contributed by atoms with Crippen LogP contribution in [0, 0.1) is 24.2 Å². The lowest BCUT2D eigenvalue weighted by Gasteiger charge is -2.22. The third-order valence-electron chi connectivity index (χ3n) is 5.16. The molecule has 2 aromatic carbocycles. The van der Waals surface area contributed by atoms with Crippen molar-refractivity contribution in [2.75, 3.05) is 0 Å². The fraction of sp³-hybridized carbons (Fsp3) is 0.318. The molecule has 0 radical (unpaired) electrons. The molecule has 1 aliphatic heterocycles. The first kappa shape index (κ1) is 21.6. The highest BCUT2D eigenvalue weighted by Gasteiger charge is 2.32. The third-order valence-corrected chi connectivity index (χ3v) is 5.16. The number of rotatable bonds is 6. The van der Waals surface area contributed by atoms with Crippen molar-refractivity contribution in [2.24, 2.45) is 5.92 Å². The molecule has 1 atom stereocenters. The molecule has 0 saturated heterocycles. The highest BCUT2D eigenvalue weighted by molar-refractivity contribution is 6.62. The van der Waals surface area contributed by atoms with Crippen molar-refractivity contribution in [1.82, 2.24) is 5.32 Å². The molecule has 1 aliphatic rings. The van der Waals surface area contributed by atoms with Gasteiger partial charge in [-0.1, -0.05) is 32.0 Å². The van der Waals surface area contributed by atoms with Crippen LogP contribution in [0.25, 0.3) is 0 Å². The summed E-state index contributed by atoms with van der Waals surface area (Å²) in [6.45, 7) is 5.74. The Kier molecular flexibility index (Phi) is 6.55. The number of esters is 1. The Morgan fingerprint density at radius 2 is 1.97 bits per heavy atom. The number of nitriles is 1. The van der Waals surface area contributed by atoms with Crippen LogP contribution in [0.4, 0.5) is 0 Å². The van der Waals surface area contributed by atoms with E-state index in [-0.39, 0.29) is 12.5 Å². The molecule has 1 amide bonds. The minimum Gasteiger partial charge on any atom is -0.459 e. The summed E-state index contributed by atoms with van der Waals surface area (Å²) in [6.07, 6.45) is 0. The van der Waals surface area contributed by atoms with E-state index in [4.69, 9.17) is 14.7 Å². The van der Waals surface area contributed by atoms with Gasteiger partial charge in [-0.05, 0) is 53.2 Å². The van der Waals surface area contributed by atoms with E-state index >= 15 is 0 Å². The number of benzene rings is 2. The summed E-state index contributed by atoms with van der Waals surface area (Å²) in [5.74, 6) is -1.14. The van der Waals surface area contributed by atoms with Gasteiger partial charge in [0.1, 0.15) is 12.6 Å². The standard InChI is InChI=1S/C22H23BN2O5/c1-13(2)20(22(27)29-11-16-6-4-15(10-24)5-7-16)25-21(26)18-9-8-17-12-30-23(28)19(17)14(18)3/h4-9,13,20,28H,11-12H2,1-3H3,(H,25,26)/t20-/m0/s1. The zero-order chi connectivity index (χ0) is 21.8. The smallest absolute Gasteiger partial charge is 0.459 e. The molecule has 3 rings (SSSR count). The zero-order valence-corrected chi connectivity index (χ0v) is 17.1. The lowest BCUT2D eigenvalue weighted by molar-refractivity contribution is -0.148. The number of ether oxygens (including phenoxy) is 1. The number of fused-ring (bicyclic) bond motifs is 1. The molecular weight excluding hydrogens is 383 g/mol. The predicted molar refractivity (Wildman–Crippen MR) is 111 cm³/mol. The van der Waals surface area contributed by atoms with Gasteiger partial charge in [0.2, 0.25) is 0 Å².